The Kier molecular flexibility index (Phi) is 3.39. The second kappa shape index (κ2) is 5.36. The average Bonchev–Trinajstić information content (AvgIpc) is 2.49. The van der Waals surface area contributed by atoms with Gasteiger partial charge in [0.05, 0.1) is 0 Å². The number of aryl methyl sites for hydroxylation is 2. The van der Waals surface area contributed by atoms with Crippen LogP contribution in [0.15, 0.2) is 36.5 Å². The van der Waals surface area contributed by atoms with Gasteiger partial charge >= 0.3 is 0 Å². The van der Waals surface area contributed by atoms with Crippen LogP contribution in [-0.2, 0) is 11.2 Å². The molecule has 21 heavy (non-hydrogen) atoms. The smallest absolute Gasteiger partial charge is 0.256 e. The first-order chi connectivity index (χ1) is 10.1. The molecule has 1 aromatic carbocycles. The number of anilines is 2. The van der Waals surface area contributed by atoms with E-state index >= 15 is 0 Å². The number of fused-ring (bicyclic) bond motifs is 1. The van der Waals surface area contributed by atoms with Crippen molar-refractivity contribution in [2.24, 2.45) is 0 Å². The second-order valence-corrected chi connectivity index (χ2v) is 5.04. The SMILES string of the molecule is Cc1cccnc1NC(=O)c1ccc2c(c1)CCC(=O)N2. The monoisotopic (exact) mass is 281 g/mol. The van der Waals surface area contributed by atoms with E-state index in [-0.39, 0.29) is 11.8 Å². The van der Waals surface area contributed by atoms with Crippen LogP contribution in [0.3, 0.4) is 0 Å². The Hall–Kier alpha value is -2.69. The highest BCUT2D eigenvalue weighted by Crippen LogP contribution is 2.24. The minimum atomic E-state index is -0.198. The molecule has 5 nitrogen and oxygen atoms in total. The van der Waals surface area contributed by atoms with E-state index < -0.39 is 0 Å². The molecule has 1 aliphatic heterocycles. The number of hydrogen-bond donors (Lipinski definition) is 2. The molecular formula is C16H15N3O2. The van der Waals surface area contributed by atoms with Gasteiger partial charge in [-0.1, -0.05) is 6.07 Å². The van der Waals surface area contributed by atoms with E-state index in [2.05, 4.69) is 15.6 Å². The molecule has 0 saturated heterocycles. The Labute approximate surface area is 122 Å². The van der Waals surface area contributed by atoms with Crippen LogP contribution >= 0.6 is 0 Å². The van der Waals surface area contributed by atoms with Crippen molar-refractivity contribution < 1.29 is 9.59 Å². The molecule has 0 saturated carbocycles. The quantitative estimate of drug-likeness (QED) is 0.888. The molecule has 0 atom stereocenters. The molecule has 2 heterocycles. The van der Waals surface area contributed by atoms with Gasteiger partial charge in [-0.2, -0.15) is 0 Å². The first kappa shape index (κ1) is 13.3. The third-order valence-electron chi connectivity index (χ3n) is 3.50. The van der Waals surface area contributed by atoms with Crippen LogP contribution in [0.25, 0.3) is 0 Å². The third-order valence-corrected chi connectivity index (χ3v) is 3.50. The lowest BCUT2D eigenvalue weighted by molar-refractivity contribution is -0.116. The van der Waals surface area contributed by atoms with Crippen molar-refractivity contribution in [2.75, 3.05) is 10.6 Å². The summed E-state index contributed by atoms with van der Waals surface area (Å²) in [7, 11) is 0. The number of nitrogens with zero attached hydrogens (tertiary/aromatic N) is 1. The molecule has 0 aliphatic carbocycles. The highest BCUT2D eigenvalue weighted by Gasteiger charge is 2.17. The molecule has 5 heteroatoms. The maximum atomic E-state index is 12.3. The van der Waals surface area contributed by atoms with Crippen LogP contribution in [0.2, 0.25) is 0 Å². The number of nitrogens with one attached hydrogen (secondary N) is 2. The van der Waals surface area contributed by atoms with Crippen molar-refractivity contribution in [1.29, 1.82) is 0 Å². The zero-order chi connectivity index (χ0) is 14.8. The molecule has 3 rings (SSSR count). The van der Waals surface area contributed by atoms with Gasteiger partial charge in [-0.3, -0.25) is 9.59 Å². The number of carbonyl (C=O) groups excluding carboxylic acids is 2. The number of benzene rings is 1. The van der Waals surface area contributed by atoms with E-state index in [1.165, 1.54) is 0 Å². The Morgan fingerprint density at radius 1 is 1.29 bits per heavy atom. The van der Waals surface area contributed by atoms with Crippen molar-refractivity contribution in [3.05, 3.63) is 53.2 Å². The van der Waals surface area contributed by atoms with Gasteiger partial charge in [-0.05, 0) is 48.7 Å². The molecule has 0 unspecified atom stereocenters. The molecule has 2 amide bonds. The predicted molar refractivity (Wildman–Crippen MR) is 80.3 cm³/mol. The van der Waals surface area contributed by atoms with E-state index in [1.807, 2.05) is 25.1 Å². The Bertz CT molecular complexity index is 725. The first-order valence-corrected chi connectivity index (χ1v) is 6.79. The molecule has 2 N–H and O–H groups in total. The zero-order valence-electron chi connectivity index (χ0n) is 11.6. The number of pyridine rings is 1. The number of rotatable bonds is 2. The lowest BCUT2D eigenvalue weighted by Crippen LogP contribution is -2.20. The van der Waals surface area contributed by atoms with Crippen molar-refractivity contribution in [3.63, 3.8) is 0 Å². The van der Waals surface area contributed by atoms with E-state index in [0.717, 1.165) is 16.8 Å². The number of carbonyl (C=O) groups is 2. The molecule has 1 aromatic heterocycles. The summed E-state index contributed by atoms with van der Waals surface area (Å²) >= 11 is 0. The van der Waals surface area contributed by atoms with Crippen molar-refractivity contribution in [3.8, 4) is 0 Å². The summed E-state index contributed by atoms with van der Waals surface area (Å²) in [5, 5.41) is 5.61. The predicted octanol–water partition coefficient (Wildman–Crippen LogP) is 2.53. The van der Waals surface area contributed by atoms with Crippen LogP contribution in [-0.4, -0.2) is 16.8 Å². The zero-order valence-corrected chi connectivity index (χ0v) is 11.6. The molecule has 2 aromatic rings. The number of hydrogen-bond acceptors (Lipinski definition) is 3. The summed E-state index contributed by atoms with van der Waals surface area (Å²) in [5.74, 6) is 0.383. The maximum Gasteiger partial charge on any atom is 0.256 e. The molecule has 106 valence electrons. The van der Waals surface area contributed by atoms with Crippen LogP contribution in [0.1, 0.15) is 27.9 Å². The largest absolute Gasteiger partial charge is 0.326 e. The standard InChI is InChI=1S/C16H15N3O2/c1-10-3-2-8-17-15(10)19-16(21)12-4-6-13-11(9-12)5-7-14(20)18-13/h2-4,6,8-9H,5,7H2,1H3,(H,18,20)(H,17,19,21). The summed E-state index contributed by atoms with van der Waals surface area (Å²) in [5.41, 5.74) is 3.25. The lowest BCUT2D eigenvalue weighted by Gasteiger charge is -2.17. The summed E-state index contributed by atoms with van der Waals surface area (Å²) in [6.45, 7) is 1.89. The van der Waals surface area contributed by atoms with Crippen molar-refractivity contribution in [1.82, 2.24) is 4.98 Å². The Morgan fingerprint density at radius 3 is 2.95 bits per heavy atom. The second-order valence-electron chi connectivity index (χ2n) is 5.04. The number of aromatic nitrogens is 1. The summed E-state index contributed by atoms with van der Waals surface area (Å²) in [6, 6.07) is 9.02. The third kappa shape index (κ3) is 2.76. The van der Waals surface area contributed by atoms with Crippen LogP contribution < -0.4 is 10.6 Å². The number of amides is 2. The van der Waals surface area contributed by atoms with Gasteiger partial charge < -0.3 is 10.6 Å². The van der Waals surface area contributed by atoms with Gasteiger partial charge in [0.15, 0.2) is 0 Å². The fourth-order valence-corrected chi connectivity index (χ4v) is 2.32. The Morgan fingerprint density at radius 2 is 2.14 bits per heavy atom. The van der Waals surface area contributed by atoms with Crippen molar-refractivity contribution in [2.45, 2.75) is 19.8 Å². The first-order valence-electron chi connectivity index (χ1n) is 6.79. The minimum Gasteiger partial charge on any atom is -0.326 e. The lowest BCUT2D eigenvalue weighted by atomic mass is 10.00. The summed E-state index contributed by atoms with van der Waals surface area (Å²) in [6.07, 6.45) is 2.76. The van der Waals surface area contributed by atoms with Gasteiger partial charge in [-0.25, -0.2) is 4.98 Å². The fourth-order valence-electron chi connectivity index (χ4n) is 2.32. The summed E-state index contributed by atoms with van der Waals surface area (Å²) in [4.78, 5) is 27.8. The van der Waals surface area contributed by atoms with Crippen LogP contribution in [0.5, 0.6) is 0 Å². The molecular weight excluding hydrogens is 266 g/mol. The average molecular weight is 281 g/mol. The molecule has 1 aliphatic rings. The fraction of sp³-hybridized carbons (Fsp3) is 0.188. The highest BCUT2D eigenvalue weighted by atomic mass is 16.2. The van der Waals surface area contributed by atoms with Gasteiger partial charge in [0, 0.05) is 23.9 Å². The highest BCUT2D eigenvalue weighted by molar-refractivity contribution is 6.05. The van der Waals surface area contributed by atoms with E-state index in [1.54, 1.807) is 18.3 Å². The van der Waals surface area contributed by atoms with E-state index in [4.69, 9.17) is 0 Å². The van der Waals surface area contributed by atoms with Crippen molar-refractivity contribution >= 4 is 23.3 Å². The van der Waals surface area contributed by atoms with Crippen LogP contribution in [0.4, 0.5) is 11.5 Å². The van der Waals surface area contributed by atoms with Crippen LogP contribution in [0, 0.1) is 6.92 Å². The Balaban J connectivity index is 1.83. The minimum absolute atomic E-state index is 0.0174. The van der Waals surface area contributed by atoms with E-state index in [9.17, 15) is 9.59 Å². The topological polar surface area (TPSA) is 71.1 Å². The molecule has 0 spiro atoms. The van der Waals surface area contributed by atoms with Gasteiger partial charge in [0.25, 0.3) is 5.91 Å². The normalized spacial score (nSPS) is 13.3. The van der Waals surface area contributed by atoms with Gasteiger partial charge in [0.2, 0.25) is 5.91 Å². The summed E-state index contributed by atoms with van der Waals surface area (Å²) < 4.78 is 0. The van der Waals surface area contributed by atoms with E-state index in [0.29, 0.717) is 24.2 Å². The van der Waals surface area contributed by atoms with Gasteiger partial charge in [-0.15, -0.1) is 0 Å². The molecule has 0 bridgehead atoms. The molecule has 0 fully saturated rings. The maximum absolute atomic E-state index is 12.3. The van der Waals surface area contributed by atoms with Gasteiger partial charge in [0.1, 0.15) is 5.82 Å². The molecule has 0 radical (unpaired) electrons.